The molecule has 1 rings (SSSR count). The Morgan fingerprint density at radius 3 is 2.28 bits per heavy atom. The summed E-state index contributed by atoms with van der Waals surface area (Å²) in [4.78, 5) is 0.728. The van der Waals surface area contributed by atoms with Gasteiger partial charge >= 0.3 is 0 Å². The van der Waals surface area contributed by atoms with Gasteiger partial charge in [-0.05, 0) is 19.1 Å². The van der Waals surface area contributed by atoms with E-state index in [9.17, 15) is 9.32 Å². The lowest BCUT2D eigenvalue weighted by molar-refractivity contribution is -0.120. The van der Waals surface area contributed by atoms with E-state index in [0.29, 0.717) is 6.42 Å². The van der Waals surface area contributed by atoms with Gasteiger partial charge in [0.2, 0.25) is 0 Å². The normalized spacial score (nSPS) is 14.7. The van der Waals surface area contributed by atoms with Crippen molar-refractivity contribution >= 4 is 10.8 Å². The van der Waals surface area contributed by atoms with Crippen LogP contribution in [0.15, 0.2) is 29.2 Å². The van der Waals surface area contributed by atoms with E-state index in [4.69, 9.17) is 9.47 Å². The highest BCUT2D eigenvalue weighted by molar-refractivity contribution is 7.85. The number of rotatable bonds is 7. The average Bonchev–Trinajstić information content (AvgIpc) is 2.36. The maximum atomic E-state index is 12.0. The monoisotopic (exact) mass is 272 g/mol. The van der Waals surface area contributed by atoms with Crippen LogP contribution in [0.2, 0.25) is 0 Å². The van der Waals surface area contributed by atoms with Crippen molar-refractivity contribution in [2.24, 2.45) is 0 Å². The molecular weight excluding hydrogens is 252 g/mol. The van der Waals surface area contributed by atoms with Crippen molar-refractivity contribution in [3.8, 4) is 0 Å². The topological polar surface area (TPSA) is 55.8 Å². The molecule has 1 aromatic carbocycles. The quantitative estimate of drug-likeness (QED) is 0.764. The van der Waals surface area contributed by atoms with Crippen molar-refractivity contribution in [2.45, 2.75) is 30.6 Å². The van der Waals surface area contributed by atoms with Crippen molar-refractivity contribution in [3.05, 3.63) is 29.8 Å². The largest absolute Gasteiger partial charge is 0.392 e. The van der Waals surface area contributed by atoms with Gasteiger partial charge in [0, 0.05) is 25.5 Å². The van der Waals surface area contributed by atoms with E-state index in [1.807, 2.05) is 31.2 Å². The highest BCUT2D eigenvalue weighted by Gasteiger charge is 2.16. The van der Waals surface area contributed by atoms with E-state index in [0.717, 1.165) is 10.5 Å². The summed E-state index contributed by atoms with van der Waals surface area (Å²) in [5, 5.41) is 9.82. The van der Waals surface area contributed by atoms with E-state index in [1.54, 1.807) is 0 Å². The molecule has 1 unspecified atom stereocenters. The van der Waals surface area contributed by atoms with Gasteiger partial charge in [-0.1, -0.05) is 17.7 Å². The molecule has 1 N–H and O–H groups in total. The molecule has 0 saturated carbocycles. The summed E-state index contributed by atoms with van der Waals surface area (Å²) in [6, 6.07) is 7.46. The lowest BCUT2D eigenvalue weighted by atomic mass is 10.2. The molecule has 18 heavy (non-hydrogen) atoms. The number of aliphatic hydroxyl groups is 1. The third-order valence-electron chi connectivity index (χ3n) is 2.62. The zero-order chi connectivity index (χ0) is 13.5. The molecule has 0 bridgehead atoms. The minimum Gasteiger partial charge on any atom is -0.392 e. The summed E-state index contributed by atoms with van der Waals surface area (Å²) >= 11 is 0. The Labute approximate surface area is 110 Å². The molecule has 0 aliphatic rings. The minimum atomic E-state index is -1.20. The van der Waals surface area contributed by atoms with Crippen molar-refractivity contribution in [1.29, 1.82) is 0 Å². The average molecular weight is 272 g/mol. The maximum Gasteiger partial charge on any atom is 0.159 e. The Morgan fingerprint density at radius 2 is 1.78 bits per heavy atom. The predicted octanol–water partition coefficient (Wildman–Crippen LogP) is 1.47. The van der Waals surface area contributed by atoms with Crippen LogP contribution < -0.4 is 0 Å². The molecule has 0 amide bonds. The molecule has 102 valence electrons. The van der Waals surface area contributed by atoms with Gasteiger partial charge < -0.3 is 14.6 Å². The number of ether oxygens (including phenoxy) is 2. The fourth-order valence-corrected chi connectivity index (χ4v) is 2.66. The van der Waals surface area contributed by atoms with Crippen LogP contribution in [0, 0.1) is 6.92 Å². The molecule has 1 aromatic rings. The van der Waals surface area contributed by atoms with Crippen LogP contribution in [0.25, 0.3) is 0 Å². The molecule has 0 aromatic heterocycles. The molecule has 2 atom stereocenters. The summed E-state index contributed by atoms with van der Waals surface area (Å²) in [5.41, 5.74) is 1.12. The van der Waals surface area contributed by atoms with Gasteiger partial charge in [-0.25, -0.2) is 0 Å². The number of benzene rings is 1. The Morgan fingerprint density at radius 1 is 1.22 bits per heavy atom. The van der Waals surface area contributed by atoms with Crippen LogP contribution in [0.3, 0.4) is 0 Å². The van der Waals surface area contributed by atoms with E-state index >= 15 is 0 Å². The molecule has 4 nitrogen and oxygen atoms in total. The second kappa shape index (κ2) is 7.63. The first-order chi connectivity index (χ1) is 8.56. The van der Waals surface area contributed by atoms with Gasteiger partial charge in [0.25, 0.3) is 0 Å². The third kappa shape index (κ3) is 4.86. The van der Waals surface area contributed by atoms with Crippen molar-refractivity contribution in [3.63, 3.8) is 0 Å². The minimum absolute atomic E-state index is 0.187. The number of aliphatic hydroxyl groups excluding tert-OH is 1. The SMILES string of the molecule is COC(C[C@H](O)CS(=O)c1ccc(C)cc1)OC. The Kier molecular flexibility index (Phi) is 6.49. The summed E-state index contributed by atoms with van der Waals surface area (Å²) in [7, 11) is 1.82. The van der Waals surface area contributed by atoms with Gasteiger partial charge in [0.15, 0.2) is 6.29 Å². The lowest BCUT2D eigenvalue weighted by Crippen LogP contribution is -2.25. The van der Waals surface area contributed by atoms with Gasteiger partial charge in [-0.2, -0.15) is 0 Å². The number of methoxy groups -OCH3 is 2. The highest BCUT2D eigenvalue weighted by Crippen LogP contribution is 2.11. The Bertz CT molecular complexity index is 373. The summed E-state index contributed by atoms with van der Waals surface area (Å²) in [5.74, 6) is 0.187. The van der Waals surface area contributed by atoms with Crippen LogP contribution in [0.1, 0.15) is 12.0 Å². The van der Waals surface area contributed by atoms with Crippen molar-refractivity contribution in [2.75, 3.05) is 20.0 Å². The van der Waals surface area contributed by atoms with Crippen LogP contribution in [-0.4, -0.2) is 41.7 Å². The highest BCUT2D eigenvalue weighted by atomic mass is 32.2. The summed E-state index contributed by atoms with van der Waals surface area (Å²) in [6.07, 6.45) is -0.864. The molecule has 0 spiro atoms. The summed E-state index contributed by atoms with van der Waals surface area (Å²) < 4.78 is 22.0. The van der Waals surface area contributed by atoms with Crippen LogP contribution in [-0.2, 0) is 20.3 Å². The predicted molar refractivity (Wildman–Crippen MR) is 70.9 cm³/mol. The molecule has 0 heterocycles. The van der Waals surface area contributed by atoms with Crippen LogP contribution >= 0.6 is 0 Å². The third-order valence-corrected chi connectivity index (χ3v) is 4.10. The van der Waals surface area contributed by atoms with Crippen LogP contribution in [0.5, 0.6) is 0 Å². The second-order valence-electron chi connectivity index (χ2n) is 4.12. The van der Waals surface area contributed by atoms with Gasteiger partial charge in [-0.15, -0.1) is 0 Å². The lowest BCUT2D eigenvalue weighted by Gasteiger charge is -2.17. The summed E-state index contributed by atoms with van der Waals surface area (Å²) in [6.45, 7) is 1.98. The van der Waals surface area contributed by atoms with E-state index in [-0.39, 0.29) is 5.75 Å². The number of hydrogen-bond acceptors (Lipinski definition) is 4. The zero-order valence-corrected chi connectivity index (χ0v) is 11.8. The first-order valence-corrected chi connectivity index (χ1v) is 7.07. The van der Waals surface area contributed by atoms with E-state index in [2.05, 4.69) is 0 Å². The molecule has 0 aliphatic carbocycles. The molecule has 0 saturated heterocycles. The first-order valence-electron chi connectivity index (χ1n) is 5.75. The second-order valence-corrected chi connectivity index (χ2v) is 5.61. The first kappa shape index (κ1) is 15.3. The Hall–Kier alpha value is -0.750. The Balaban J connectivity index is 2.51. The van der Waals surface area contributed by atoms with Crippen molar-refractivity contribution in [1.82, 2.24) is 0 Å². The molecular formula is C13H20O4S. The van der Waals surface area contributed by atoms with Gasteiger partial charge in [0.05, 0.1) is 22.7 Å². The van der Waals surface area contributed by atoms with E-state index in [1.165, 1.54) is 14.2 Å². The standard InChI is InChI=1S/C13H20O4S/c1-10-4-6-12(7-5-10)18(15)9-11(14)8-13(16-2)17-3/h4-7,11,13-14H,8-9H2,1-3H3/t11-,18?/m0/s1. The number of hydrogen-bond donors (Lipinski definition) is 1. The molecule has 0 radical (unpaired) electrons. The smallest absolute Gasteiger partial charge is 0.159 e. The van der Waals surface area contributed by atoms with Gasteiger partial charge in [0.1, 0.15) is 0 Å². The number of aryl methyl sites for hydroxylation is 1. The molecule has 5 heteroatoms. The van der Waals surface area contributed by atoms with E-state index < -0.39 is 23.2 Å². The van der Waals surface area contributed by atoms with Crippen molar-refractivity contribution < 1.29 is 18.8 Å². The zero-order valence-electron chi connectivity index (χ0n) is 11.0. The molecule has 0 fully saturated rings. The van der Waals surface area contributed by atoms with Crippen LogP contribution in [0.4, 0.5) is 0 Å². The fraction of sp³-hybridized carbons (Fsp3) is 0.538. The van der Waals surface area contributed by atoms with Gasteiger partial charge in [-0.3, -0.25) is 4.21 Å². The molecule has 0 aliphatic heterocycles. The maximum absolute atomic E-state index is 12.0. The fourth-order valence-electron chi connectivity index (χ4n) is 1.54.